The second-order valence-corrected chi connectivity index (χ2v) is 5.83. The smallest absolute Gasteiger partial charge is 0.240 e. The Morgan fingerprint density at radius 2 is 1.82 bits per heavy atom. The summed E-state index contributed by atoms with van der Waals surface area (Å²) in [6.07, 6.45) is 0. The van der Waals surface area contributed by atoms with Crippen LogP contribution in [0.15, 0.2) is 18.2 Å². The number of fused-ring (bicyclic) bond motifs is 1. The van der Waals surface area contributed by atoms with Gasteiger partial charge in [-0.25, -0.2) is 0 Å². The van der Waals surface area contributed by atoms with Crippen molar-refractivity contribution in [2.45, 2.75) is 32.9 Å². The molecular weight excluding hydrogens is 284 g/mol. The molecule has 0 radical (unpaired) electrons. The summed E-state index contributed by atoms with van der Waals surface area (Å²) in [7, 11) is 1.60. The number of hydrogen-bond acceptors (Lipinski definition) is 5. The van der Waals surface area contributed by atoms with Crippen LogP contribution in [0.2, 0.25) is 0 Å². The molecule has 1 amide bonds. The van der Waals surface area contributed by atoms with Crippen LogP contribution in [0, 0.1) is 5.92 Å². The molecule has 0 aliphatic carbocycles. The summed E-state index contributed by atoms with van der Waals surface area (Å²) in [6, 6.07) is 3.80. The lowest BCUT2D eigenvalue weighted by Crippen LogP contribution is -2.50. The largest absolute Gasteiger partial charge is 0.454 e. The lowest BCUT2D eigenvalue weighted by Gasteiger charge is -2.28. The average Bonchev–Trinajstić information content (AvgIpc) is 2.98. The molecule has 1 aromatic carbocycles. The normalized spacial score (nSPS) is 15.5. The molecule has 0 aromatic heterocycles. The first-order valence-corrected chi connectivity index (χ1v) is 7.29. The van der Waals surface area contributed by atoms with E-state index in [-0.39, 0.29) is 24.4 Å². The Kier molecular flexibility index (Phi) is 4.71. The van der Waals surface area contributed by atoms with E-state index in [1.54, 1.807) is 32.2 Å². The van der Waals surface area contributed by atoms with E-state index in [0.29, 0.717) is 17.1 Å². The van der Waals surface area contributed by atoms with E-state index >= 15 is 0 Å². The summed E-state index contributed by atoms with van der Waals surface area (Å²) in [4.78, 5) is 26.2. The van der Waals surface area contributed by atoms with Crippen molar-refractivity contribution in [2.75, 3.05) is 13.8 Å². The number of hydrogen-bond donors (Lipinski definition) is 1. The zero-order valence-corrected chi connectivity index (χ0v) is 13.3. The Morgan fingerprint density at radius 3 is 2.45 bits per heavy atom. The number of amides is 1. The fraction of sp³-hybridized carbons (Fsp3) is 0.500. The molecule has 2 N–H and O–H groups in total. The number of carbonyl (C=O) groups excluding carboxylic acids is 2. The molecule has 6 heteroatoms. The van der Waals surface area contributed by atoms with Crippen LogP contribution >= 0.6 is 0 Å². The molecule has 6 nitrogen and oxygen atoms in total. The van der Waals surface area contributed by atoms with Crippen LogP contribution in [0.4, 0.5) is 0 Å². The van der Waals surface area contributed by atoms with E-state index in [1.807, 2.05) is 13.8 Å². The fourth-order valence-electron chi connectivity index (χ4n) is 2.18. The molecule has 0 saturated heterocycles. The van der Waals surface area contributed by atoms with Crippen LogP contribution in [0.3, 0.4) is 0 Å². The van der Waals surface area contributed by atoms with E-state index < -0.39 is 12.1 Å². The third kappa shape index (κ3) is 3.06. The molecule has 22 heavy (non-hydrogen) atoms. The van der Waals surface area contributed by atoms with Crippen molar-refractivity contribution in [3.63, 3.8) is 0 Å². The van der Waals surface area contributed by atoms with Gasteiger partial charge in [0.2, 0.25) is 12.7 Å². The highest BCUT2D eigenvalue weighted by Gasteiger charge is 2.29. The number of nitrogens with zero attached hydrogens (tertiary/aromatic N) is 1. The van der Waals surface area contributed by atoms with Crippen LogP contribution < -0.4 is 15.2 Å². The Bertz CT molecular complexity index is 586. The third-order valence-corrected chi connectivity index (χ3v) is 3.97. The second kappa shape index (κ2) is 6.36. The SMILES string of the molecule is CC(C)[C@H](N)C(=O)N(C)C(C)C(=O)c1ccc2c(c1)OCO2. The van der Waals surface area contributed by atoms with Gasteiger partial charge in [-0.3, -0.25) is 9.59 Å². The van der Waals surface area contributed by atoms with Gasteiger partial charge in [0.15, 0.2) is 17.3 Å². The number of rotatable bonds is 5. The van der Waals surface area contributed by atoms with Crippen LogP contribution in [0.5, 0.6) is 11.5 Å². The standard InChI is InChI=1S/C16H22N2O4/c1-9(2)14(17)16(20)18(4)10(3)15(19)11-5-6-12-13(7-11)22-8-21-12/h5-7,9-10,14H,8,17H2,1-4H3/t10?,14-/m0/s1. The highest BCUT2D eigenvalue weighted by Crippen LogP contribution is 2.33. The lowest BCUT2D eigenvalue weighted by molar-refractivity contribution is -0.133. The van der Waals surface area contributed by atoms with Gasteiger partial charge < -0.3 is 20.1 Å². The van der Waals surface area contributed by atoms with Gasteiger partial charge in [-0.2, -0.15) is 0 Å². The van der Waals surface area contributed by atoms with Gasteiger partial charge in [0.25, 0.3) is 0 Å². The van der Waals surface area contributed by atoms with E-state index in [0.717, 1.165) is 0 Å². The van der Waals surface area contributed by atoms with E-state index in [4.69, 9.17) is 15.2 Å². The van der Waals surface area contributed by atoms with Gasteiger partial charge in [-0.05, 0) is 31.0 Å². The Labute approximate surface area is 130 Å². The van der Waals surface area contributed by atoms with Crippen molar-refractivity contribution in [1.82, 2.24) is 4.90 Å². The first-order chi connectivity index (χ1) is 10.3. The molecule has 0 saturated carbocycles. The van der Waals surface area contributed by atoms with Crippen molar-refractivity contribution in [1.29, 1.82) is 0 Å². The number of Topliss-reactive ketones (excluding diaryl/α,β-unsaturated/α-hetero) is 1. The number of benzene rings is 1. The maximum Gasteiger partial charge on any atom is 0.240 e. The summed E-state index contributed by atoms with van der Waals surface area (Å²) in [6.45, 7) is 5.60. The number of ether oxygens (including phenoxy) is 2. The molecule has 1 aliphatic rings. The quantitative estimate of drug-likeness (QED) is 0.832. The first-order valence-electron chi connectivity index (χ1n) is 7.29. The molecule has 1 aliphatic heterocycles. The Hall–Kier alpha value is -2.08. The van der Waals surface area contributed by atoms with E-state index in [2.05, 4.69) is 0 Å². The topological polar surface area (TPSA) is 81.9 Å². The first kappa shape index (κ1) is 16.3. The predicted octanol–water partition coefficient (Wildman–Crippen LogP) is 1.43. The number of nitrogens with two attached hydrogens (primary N) is 1. The van der Waals surface area contributed by atoms with Crippen molar-refractivity contribution in [3.05, 3.63) is 23.8 Å². The molecule has 1 unspecified atom stereocenters. The molecule has 0 fully saturated rings. The molecule has 1 aromatic rings. The molecule has 1 heterocycles. The van der Waals surface area contributed by atoms with Crippen LogP contribution in [-0.2, 0) is 4.79 Å². The van der Waals surface area contributed by atoms with Crippen molar-refractivity contribution in [2.24, 2.45) is 11.7 Å². The molecular formula is C16H22N2O4. The Morgan fingerprint density at radius 1 is 1.18 bits per heavy atom. The monoisotopic (exact) mass is 306 g/mol. The lowest BCUT2D eigenvalue weighted by atomic mass is 10.0. The number of ketones is 1. The van der Waals surface area contributed by atoms with Crippen molar-refractivity contribution in [3.8, 4) is 11.5 Å². The summed E-state index contributed by atoms with van der Waals surface area (Å²) in [5, 5.41) is 0. The molecule has 0 bridgehead atoms. The summed E-state index contributed by atoms with van der Waals surface area (Å²) in [5.74, 6) is 0.783. The number of likely N-dealkylation sites (N-methyl/N-ethyl adjacent to an activating group) is 1. The van der Waals surface area contributed by atoms with Crippen molar-refractivity contribution < 1.29 is 19.1 Å². The van der Waals surface area contributed by atoms with Gasteiger partial charge in [-0.15, -0.1) is 0 Å². The van der Waals surface area contributed by atoms with Gasteiger partial charge >= 0.3 is 0 Å². The van der Waals surface area contributed by atoms with Gasteiger partial charge in [0.1, 0.15) is 0 Å². The zero-order chi connectivity index (χ0) is 16.4. The van der Waals surface area contributed by atoms with E-state index in [9.17, 15) is 9.59 Å². The van der Waals surface area contributed by atoms with Gasteiger partial charge in [-0.1, -0.05) is 13.8 Å². The second-order valence-electron chi connectivity index (χ2n) is 5.83. The maximum atomic E-state index is 12.6. The molecule has 2 atom stereocenters. The highest BCUT2D eigenvalue weighted by atomic mass is 16.7. The molecule has 120 valence electrons. The van der Waals surface area contributed by atoms with Crippen LogP contribution in [-0.4, -0.2) is 42.5 Å². The molecule has 2 rings (SSSR count). The molecule has 0 spiro atoms. The van der Waals surface area contributed by atoms with Crippen LogP contribution in [0.1, 0.15) is 31.1 Å². The summed E-state index contributed by atoms with van der Waals surface area (Å²) < 4.78 is 10.5. The zero-order valence-electron chi connectivity index (χ0n) is 13.3. The minimum Gasteiger partial charge on any atom is -0.454 e. The van der Waals surface area contributed by atoms with Crippen LogP contribution in [0.25, 0.3) is 0 Å². The third-order valence-electron chi connectivity index (χ3n) is 3.97. The van der Waals surface area contributed by atoms with Gasteiger partial charge in [0.05, 0.1) is 12.1 Å². The minimum atomic E-state index is -0.614. The summed E-state index contributed by atoms with van der Waals surface area (Å²) >= 11 is 0. The number of carbonyl (C=O) groups is 2. The Balaban J connectivity index is 2.13. The van der Waals surface area contributed by atoms with Crippen molar-refractivity contribution >= 4 is 11.7 Å². The summed E-state index contributed by atoms with van der Waals surface area (Å²) in [5.41, 5.74) is 6.35. The highest BCUT2D eigenvalue weighted by molar-refractivity contribution is 6.02. The van der Waals surface area contributed by atoms with E-state index in [1.165, 1.54) is 4.90 Å². The predicted molar refractivity (Wildman–Crippen MR) is 81.9 cm³/mol. The fourth-order valence-corrected chi connectivity index (χ4v) is 2.18. The van der Waals surface area contributed by atoms with Gasteiger partial charge in [0, 0.05) is 12.6 Å². The average molecular weight is 306 g/mol. The maximum absolute atomic E-state index is 12.6. The minimum absolute atomic E-state index is 0.0165.